The number of allylic oxidation sites excluding steroid dienone is 1. The Bertz CT molecular complexity index is 85.4. The minimum absolute atomic E-state index is 0.719. The van der Waals surface area contributed by atoms with Crippen LogP contribution in [0.4, 0.5) is 0 Å². The fraction of sp³-hybridized carbons (Fsp3) is 0.333. The number of alkyl halides is 2. The van der Waals surface area contributed by atoms with E-state index in [-0.39, 0.29) is 0 Å². The monoisotopic (exact) mass is 186 g/mol. The van der Waals surface area contributed by atoms with Crippen molar-refractivity contribution in [3.05, 3.63) is 12.7 Å². The van der Waals surface area contributed by atoms with Crippen LogP contribution in [0, 0.1) is 0 Å². The normalized spacial score (nSPS) is 13.2. The summed E-state index contributed by atoms with van der Waals surface area (Å²) in [6.45, 7) is 3.46. The molecule has 5 heteroatoms. The van der Waals surface area contributed by atoms with E-state index in [0.29, 0.717) is 0 Å². The number of halogens is 2. The average Bonchev–Trinajstić information content (AvgIpc) is 1.67. The zero-order valence-electron chi connectivity index (χ0n) is 4.66. The van der Waals surface area contributed by atoms with Gasteiger partial charge in [-0.25, -0.2) is 0 Å². The van der Waals surface area contributed by atoms with Crippen molar-refractivity contribution >= 4 is 43.5 Å². The van der Waals surface area contributed by atoms with Gasteiger partial charge in [-0.2, -0.15) is 0 Å². The lowest BCUT2D eigenvalue weighted by molar-refractivity contribution is 0.658. The first-order valence-corrected chi connectivity index (χ1v) is 4.98. The smallest absolute Gasteiger partial charge is 0.189 e. The lowest BCUT2D eigenvalue weighted by Gasteiger charge is -2.10. The van der Waals surface area contributed by atoms with Crippen LogP contribution in [-0.4, -0.2) is 24.2 Å². The van der Waals surface area contributed by atoms with Crippen molar-refractivity contribution in [3.8, 4) is 0 Å². The number of hydrogen-bond acceptors (Lipinski definition) is 1. The second kappa shape index (κ2) is 3.68. The maximum atomic E-state index is 5.63. The summed E-state index contributed by atoms with van der Waals surface area (Å²) in [5.41, 5.74) is 0. The first-order valence-electron chi connectivity index (χ1n) is 2.13. The van der Waals surface area contributed by atoms with E-state index in [1.165, 1.54) is 6.08 Å². The van der Waals surface area contributed by atoms with Gasteiger partial charge in [-0.1, -0.05) is 29.3 Å². The SMILES string of the molecule is C=CC(Cl)(Cl)[SiH2]O[SiH3]. The van der Waals surface area contributed by atoms with E-state index >= 15 is 0 Å². The van der Waals surface area contributed by atoms with Gasteiger partial charge in [0.1, 0.15) is 14.4 Å². The molecule has 0 aromatic rings. The molecule has 8 heavy (non-hydrogen) atoms. The van der Waals surface area contributed by atoms with Gasteiger partial charge in [0.2, 0.25) is 0 Å². The van der Waals surface area contributed by atoms with E-state index in [4.69, 9.17) is 27.3 Å². The molecule has 1 nitrogen and oxygen atoms in total. The van der Waals surface area contributed by atoms with E-state index in [2.05, 4.69) is 6.58 Å². The van der Waals surface area contributed by atoms with Gasteiger partial charge in [0.15, 0.2) is 9.76 Å². The Morgan fingerprint density at radius 1 is 1.75 bits per heavy atom. The van der Waals surface area contributed by atoms with E-state index in [1.807, 2.05) is 0 Å². The summed E-state index contributed by atoms with van der Waals surface area (Å²) >= 11 is 11.3. The van der Waals surface area contributed by atoms with Crippen molar-refractivity contribution < 1.29 is 4.12 Å². The topological polar surface area (TPSA) is 9.23 Å². The fourth-order valence-electron chi connectivity index (χ4n) is 0.251. The Kier molecular flexibility index (Phi) is 4.01. The van der Waals surface area contributed by atoms with Gasteiger partial charge < -0.3 is 4.12 Å². The molecule has 0 aromatic heterocycles. The Hall–Kier alpha value is 0.714. The molecule has 48 valence electrons. The van der Waals surface area contributed by atoms with Crippen LogP contribution in [0.5, 0.6) is 0 Å². The Morgan fingerprint density at radius 3 is 2.38 bits per heavy atom. The highest BCUT2D eigenvalue weighted by Crippen LogP contribution is 2.19. The Morgan fingerprint density at radius 2 is 2.25 bits per heavy atom. The average molecular weight is 187 g/mol. The third kappa shape index (κ3) is 3.68. The molecule has 0 radical (unpaired) electrons. The lowest BCUT2D eigenvalue weighted by Crippen LogP contribution is -2.20. The van der Waals surface area contributed by atoms with E-state index < -0.39 is 13.7 Å². The summed E-state index contributed by atoms with van der Waals surface area (Å²) < 4.78 is 4.19. The van der Waals surface area contributed by atoms with Crippen LogP contribution >= 0.6 is 23.2 Å². The Balaban J connectivity index is 3.53. The zero-order chi connectivity index (χ0) is 6.62. The molecule has 0 aliphatic carbocycles. The summed E-state index contributed by atoms with van der Waals surface area (Å²) in [6, 6.07) is 0. The molecule has 0 atom stereocenters. The van der Waals surface area contributed by atoms with Gasteiger partial charge in [0.05, 0.1) is 0 Å². The van der Waals surface area contributed by atoms with Crippen molar-refractivity contribution in [2.45, 2.75) is 3.96 Å². The third-order valence-corrected chi connectivity index (χ3v) is 3.43. The van der Waals surface area contributed by atoms with Gasteiger partial charge in [-0.05, 0) is 0 Å². The minimum atomic E-state index is -0.776. The molecular weight excluding hydrogens is 179 g/mol. The molecule has 0 aromatic carbocycles. The molecule has 0 N–H and O–H groups in total. The highest BCUT2D eigenvalue weighted by molar-refractivity contribution is 6.72. The highest BCUT2D eigenvalue weighted by atomic mass is 35.5. The standard InChI is InChI=1S/C3H8Cl2OSi2/c1-2-3(4,5)8-6-7/h2H,1,8H2,7H3. The van der Waals surface area contributed by atoms with Crippen molar-refractivity contribution in [1.82, 2.24) is 0 Å². The molecule has 0 fully saturated rings. The molecule has 0 aliphatic rings. The van der Waals surface area contributed by atoms with Crippen molar-refractivity contribution in [3.63, 3.8) is 0 Å². The number of hydrogen-bond donors (Lipinski definition) is 0. The molecular formula is C3H8Cl2OSi2. The molecule has 0 saturated heterocycles. The predicted molar refractivity (Wildman–Crippen MR) is 44.2 cm³/mol. The molecule has 0 spiro atoms. The third-order valence-electron chi connectivity index (χ3n) is 0.635. The summed E-state index contributed by atoms with van der Waals surface area (Å²) in [5.74, 6) is 0. The van der Waals surface area contributed by atoms with Crippen LogP contribution in [0.1, 0.15) is 0 Å². The molecule has 0 bridgehead atoms. The summed E-state index contributed by atoms with van der Waals surface area (Å²) in [4.78, 5) is 0. The summed E-state index contributed by atoms with van der Waals surface area (Å²) in [5, 5.41) is 0. The van der Waals surface area contributed by atoms with Crippen LogP contribution in [0.3, 0.4) is 0 Å². The largest absolute Gasteiger partial charge is 0.466 e. The van der Waals surface area contributed by atoms with Crippen LogP contribution in [0.2, 0.25) is 0 Å². The van der Waals surface area contributed by atoms with Gasteiger partial charge in [-0.3, -0.25) is 0 Å². The molecule has 0 amide bonds. The van der Waals surface area contributed by atoms with Gasteiger partial charge in [-0.15, -0.1) is 6.58 Å². The lowest BCUT2D eigenvalue weighted by atomic mass is 10.7. The van der Waals surface area contributed by atoms with Crippen LogP contribution < -0.4 is 0 Å². The van der Waals surface area contributed by atoms with Crippen LogP contribution in [-0.2, 0) is 4.12 Å². The van der Waals surface area contributed by atoms with Gasteiger partial charge in [0.25, 0.3) is 0 Å². The second-order valence-electron chi connectivity index (χ2n) is 1.40. The summed E-state index contributed by atoms with van der Waals surface area (Å²) in [7, 11) is -0.0564. The molecule has 0 saturated carbocycles. The zero-order valence-corrected chi connectivity index (χ0v) is 9.58. The van der Waals surface area contributed by atoms with E-state index in [0.717, 1.165) is 10.5 Å². The quantitative estimate of drug-likeness (QED) is 0.334. The Labute approximate surface area is 64.5 Å². The van der Waals surface area contributed by atoms with E-state index in [1.54, 1.807) is 0 Å². The van der Waals surface area contributed by atoms with Crippen LogP contribution in [0.25, 0.3) is 0 Å². The maximum Gasteiger partial charge on any atom is 0.189 e. The molecule has 0 heterocycles. The number of rotatable bonds is 3. The minimum Gasteiger partial charge on any atom is -0.466 e. The van der Waals surface area contributed by atoms with Crippen molar-refractivity contribution in [2.75, 3.05) is 0 Å². The first kappa shape index (κ1) is 8.71. The first-order chi connectivity index (χ1) is 3.62. The summed E-state index contributed by atoms with van der Waals surface area (Å²) in [6.07, 6.45) is 1.51. The van der Waals surface area contributed by atoms with Gasteiger partial charge >= 0.3 is 0 Å². The predicted octanol–water partition coefficient (Wildman–Crippen LogP) is -0.315. The van der Waals surface area contributed by atoms with Crippen molar-refractivity contribution in [1.29, 1.82) is 0 Å². The van der Waals surface area contributed by atoms with Crippen LogP contribution in [0.15, 0.2) is 12.7 Å². The second-order valence-corrected chi connectivity index (χ2v) is 7.55. The van der Waals surface area contributed by atoms with E-state index in [9.17, 15) is 0 Å². The van der Waals surface area contributed by atoms with Gasteiger partial charge in [0, 0.05) is 0 Å². The highest BCUT2D eigenvalue weighted by Gasteiger charge is 2.18. The maximum absolute atomic E-state index is 5.63. The molecule has 0 aliphatic heterocycles. The molecule has 0 unspecified atom stereocenters. The fourth-order valence-corrected chi connectivity index (χ4v) is 3.87. The molecule has 0 rings (SSSR count). The van der Waals surface area contributed by atoms with Crippen molar-refractivity contribution in [2.24, 2.45) is 0 Å².